The second-order valence-electron chi connectivity index (χ2n) is 6.83. The summed E-state index contributed by atoms with van der Waals surface area (Å²) in [6, 6.07) is 12.1. The number of rotatable bonds is 8. The molecule has 1 atom stereocenters. The molecule has 1 amide bonds. The van der Waals surface area contributed by atoms with Crippen molar-refractivity contribution >= 4 is 15.9 Å². The van der Waals surface area contributed by atoms with Gasteiger partial charge in [-0.15, -0.1) is 0 Å². The van der Waals surface area contributed by atoms with E-state index in [9.17, 15) is 13.2 Å². The van der Waals surface area contributed by atoms with Crippen LogP contribution in [-0.2, 0) is 14.8 Å². The molecule has 0 fully saturated rings. The number of amides is 1. The van der Waals surface area contributed by atoms with Gasteiger partial charge in [0, 0.05) is 7.05 Å². The predicted molar refractivity (Wildman–Crippen MR) is 110 cm³/mol. The Hall–Kier alpha value is -2.38. The van der Waals surface area contributed by atoms with E-state index >= 15 is 0 Å². The monoisotopic (exact) mass is 404 g/mol. The minimum atomic E-state index is -3.72. The molecule has 0 heterocycles. The smallest absolute Gasteiger partial charge is 0.243 e. The summed E-state index contributed by atoms with van der Waals surface area (Å²) in [6.07, 6.45) is 0.686. The summed E-state index contributed by atoms with van der Waals surface area (Å²) >= 11 is 0. The normalized spacial score (nSPS) is 12.6. The quantitative estimate of drug-likeness (QED) is 0.733. The Morgan fingerprint density at radius 1 is 1.14 bits per heavy atom. The molecule has 0 aliphatic carbocycles. The second-order valence-corrected chi connectivity index (χ2v) is 8.88. The van der Waals surface area contributed by atoms with Crippen LogP contribution in [0.4, 0.5) is 0 Å². The molecule has 0 bridgehead atoms. The first-order chi connectivity index (χ1) is 13.2. The highest BCUT2D eigenvalue weighted by Crippen LogP contribution is 2.24. The first kappa shape index (κ1) is 21.9. The van der Waals surface area contributed by atoms with Crippen molar-refractivity contribution < 1.29 is 17.9 Å². The Bertz CT molecular complexity index is 924. The lowest BCUT2D eigenvalue weighted by Gasteiger charge is -2.21. The van der Waals surface area contributed by atoms with Crippen molar-refractivity contribution in [2.24, 2.45) is 0 Å². The van der Waals surface area contributed by atoms with E-state index in [4.69, 9.17) is 4.74 Å². The van der Waals surface area contributed by atoms with E-state index < -0.39 is 10.0 Å². The number of sulfonamides is 1. The van der Waals surface area contributed by atoms with Gasteiger partial charge in [0.1, 0.15) is 5.75 Å². The van der Waals surface area contributed by atoms with Gasteiger partial charge in [-0.05, 0) is 49.6 Å². The minimum absolute atomic E-state index is 0.172. The number of aryl methyl sites for hydroxylation is 2. The molecule has 0 radical (unpaired) electrons. The molecule has 0 aliphatic rings. The molecular weight excluding hydrogens is 376 g/mol. The number of nitrogens with one attached hydrogen (secondary N) is 1. The van der Waals surface area contributed by atoms with E-state index in [0.717, 1.165) is 26.7 Å². The molecule has 1 unspecified atom stereocenters. The number of carbonyl (C=O) groups is 1. The van der Waals surface area contributed by atoms with E-state index in [0.29, 0.717) is 6.42 Å². The lowest BCUT2D eigenvalue weighted by molar-refractivity contribution is -0.121. The van der Waals surface area contributed by atoms with Crippen LogP contribution in [-0.4, -0.2) is 39.3 Å². The molecule has 7 heteroatoms. The number of nitrogens with zero attached hydrogens (tertiary/aromatic N) is 1. The summed E-state index contributed by atoms with van der Waals surface area (Å²) < 4.78 is 31.6. The van der Waals surface area contributed by atoms with Crippen LogP contribution in [0.3, 0.4) is 0 Å². The van der Waals surface area contributed by atoms with Gasteiger partial charge >= 0.3 is 0 Å². The molecule has 6 nitrogen and oxygen atoms in total. The molecule has 2 rings (SSSR count). The summed E-state index contributed by atoms with van der Waals surface area (Å²) in [6.45, 7) is 5.55. The van der Waals surface area contributed by atoms with Gasteiger partial charge in [-0.1, -0.05) is 36.8 Å². The molecule has 0 saturated carbocycles. The fraction of sp³-hybridized carbons (Fsp3) is 0.381. The molecule has 1 N–H and O–H groups in total. The largest absolute Gasteiger partial charge is 0.496 e. The third-order valence-corrected chi connectivity index (χ3v) is 6.48. The van der Waals surface area contributed by atoms with Crippen molar-refractivity contribution in [2.45, 2.75) is 38.1 Å². The highest BCUT2D eigenvalue weighted by atomic mass is 32.2. The highest BCUT2D eigenvalue weighted by Gasteiger charge is 2.24. The average molecular weight is 405 g/mol. The molecular formula is C21H28N2O4S. The molecule has 0 aromatic heterocycles. The van der Waals surface area contributed by atoms with Crippen molar-refractivity contribution in [2.75, 3.05) is 20.7 Å². The summed E-state index contributed by atoms with van der Waals surface area (Å²) in [5.41, 5.74) is 2.91. The van der Waals surface area contributed by atoms with Crippen LogP contribution in [0, 0.1) is 13.8 Å². The topological polar surface area (TPSA) is 75.7 Å². The number of likely N-dealkylation sites (N-methyl/N-ethyl adjacent to an activating group) is 1. The van der Waals surface area contributed by atoms with Gasteiger partial charge < -0.3 is 10.1 Å². The van der Waals surface area contributed by atoms with Crippen LogP contribution in [0.5, 0.6) is 5.75 Å². The maximum atomic E-state index is 12.7. The summed E-state index contributed by atoms with van der Waals surface area (Å²) in [5.74, 6) is 0.437. The van der Waals surface area contributed by atoms with Gasteiger partial charge in [-0.2, -0.15) is 4.31 Å². The van der Waals surface area contributed by atoms with Gasteiger partial charge in [0.25, 0.3) is 0 Å². The molecule has 152 valence electrons. The van der Waals surface area contributed by atoms with Crippen LogP contribution < -0.4 is 10.1 Å². The summed E-state index contributed by atoms with van der Waals surface area (Å²) in [4.78, 5) is 12.7. The van der Waals surface area contributed by atoms with Crippen LogP contribution in [0.2, 0.25) is 0 Å². The number of benzene rings is 2. The third kappa shape index (κ3) is 5.11. The first-order valence-electron chi connectivity index (χ1n) is 9.16. The summed E-state index contributed by atoms with van der Waals surface area (Å²) in [7, 11) is -0.691. The van der Waals surface area contributed by atoms with Gasteiger partial charge in [-0.3, -0.25) is 4.79 Å². The fourth-order valence-electron chi connectivity index (χ4n) is 2.96. The molecule has 0 spiro atoms. The Labute approximate surface area is 167 Å². The SMILES string of the molecule is CCC(NC(=O)CN(C)S(=O)(=O)c1ccc(C)cc1)c1ccc(OC)c(C)c1. The lowest BCUT2D eigenvalue weighted by atomic mass is 10.0. The van der Waals surface area contributed by atoms with Crippen molar-refractivity contribution in [1.82, 2.24) is 9.62 Å². The van der Waals surface area contributed by atoms with Gasteiger partial charge in [0.05, 0.1) is 24.6 Å². The van der Waals surface area contributed by atoms with E-state index in [1.807, 2.05) is 39.0 Å². The zero-order valence-electron chi connectivity index (χ0n) is 17.0. The molecule has 2 aromatic rings. The molecule has 0 saturated heterocycles. The zero-order valence-corrected chi connectivity index (χ0v) is 17.8. The van der Waals surface area contributed by atoms with Crippen LogP contribution >= 0.6 is 0 Å². The summed E-state index contributed by atoms with van der Waals surface area (Å²) in [5, 5.41) is 2.93. The second kappa shape index (κ2) is 9.21. The van der Waals surface area contributed by atoms with Crippen molar-refractivity contribution in [3.05, 3.63) is 59.2 Å². The lowest BCUT2D eigenvalue weighted by Crippen LogP contribution is -2.39. The van der Waals surface area contributed by atoms with Crippen molar-refractivity contribution in [1.29, 1.82) is 0 Å². The molecule has 28 heavy (non-hydrogen) atoms. The van der Waals surface area contributed by atoms with Crippen LogP contribution in [0.1, 0.15) is 36.1 Å². The van der Waals surface area contributed by atoms with E-state index in [-0.39, 0.29) is 23.4 Å². The highest BCUT2D eigenvalue weighted by molar-refractivity contribution is 7.89. The Balaban J connectivity index is 2.08. The standard InChI is InChI=1S/C21H28N2O4S/c1-6-19(17-9-12-20(27-5)16(3)13-17)22-21(24)14-23(4)28(25,26)18-10-7-15(2)8-11-18/h7-13,19H,6,14H2,1-5H3,(H,22,24). The maximum Gasteiger partial charge on any atom is 0.243 e. The van der Waals surface area contributed by atoms with E-state index in [1.54, 1.807) is 31.4 Å². The fourth-order valence-corrected chi connectivity index (χ4v) is 4.08. The van der Waals surface area contributed by atoms with Crippen LogP contribution in [0.15, 0.2) is 47.4 Å². The van der Waals surface area contributed by atoms with Gasteiger partial charge in [-0.25, -0.2) is 8.42 Å². The Morgan fingerprint density at radius 2 is 1.79 bits per heavy atom. The minimum Gasteiger partial charge on any atom is -0.496 e. The average Bonchev–Trinajstić information content (AvgIpc) is 2.66. The van der Waals surface area contributed by atoms with Crippen molar-refractivity contribution in [3.8, 4) is 5.75 Å². The number of hydrogen-bond acceptors (Lipinski definition) is 4. The maximum absolute atomic E-state index is 12.7. The molecule has 2 aromatic carbocycles. The number of ether oxygens (including phenoxy) is 1. The van der Waals surface area contributed by atoms with Gasteiger partial charge in [0.15, 0.2) is 0 Å². The molecule has 0 aliphatic heterocycles. The predicted octanol–water partition coefficient (Wildman–Crippen LogP) is 3.20. The van der Waals surface area contributed by atoms with Crippen LogP contribution in [0.25, 0.3) is 0 Å². The van der Waals surface area contributed by atoms with E-state index in [1.165, 1.54) is 7.05 Å². The Morgan fingerprint density at radius 3 is 2.32 bits per heavy atom. The van der Waals surface area contributed by atoms with Crippen molar-refractivity contribution in [3.63, 3.8) is 0 Å². The number of hydrogen-bond donors (Lipinski definition) is 1. The number of methoxy groups -OCH3 is 1. The number of carbonyl (C=O) groups excluding carboxylic acids is 1. The first-order valence-corrected chi connectivity index (χ1v) is 10.6. The van der Waals surface area contributed by atoms with E-state index in [2.05, 4.69) is 5.32 Å². The van der Waals surface area contributed by atoms with Gasteiger partial charge in [0.2, 0.25) is 15.9 Å². The zero-order chi connectivity index (χ0) is 20.9. The Kier molecular flexibility index (Phi) is 7.21. The third-order valence-electron chi connectivity index (χ3n) is 4.66.